The molecule has 1 heterocycles. The van der Waals surface area contributed by atoms with Crippen molar-refractivity contribution in [1.82, 2.24) is 4.57 Å². The lowest BCUT2D eigenvalue weighted by Gasteiger charge is -2.20. The van der Waals surface area contributed by atoms with E-state index in [1.807, 2.05) is 0 Å². The van der Waals surface area contributed by atoms with Crippen LogP contribution < -0.4 is 0 Å². The van der Waals surface area contributed by atoms with Gasteiger partial charge in [-0.2, -0.15) is 0 Å². The van der Waals surface area contributed by atoms with Crippen LogP contribution in [-0.2, 0) is 0 Å². The van der Waals surface area contributed by atoms with Crippen LogP contribution >= 0.6 is 0 Å². The van der Waals surface area contributed by atoms with Gasteiger partial charge in [0.1, 0.15) is 0 Å². The van der Waals surface area contributed by atoms with Crippen molar-refractivity contribution in [1.29, 1.82) is 0 Å². The van der Waals surface area contributed by atoms with Gasteiger partial charge in [-0.05, 0) is 31.9 Å². The van der Waals surface area contributed by atoms with Gasteiger partial charge in [0.15, 0.2) is 0 Å². The van der Waals surface area contributed by atoms with Crippen LogP contribution in [0.3, 0.4) is 0 Å². The molecule has 0 amide bonds. The van der Waals surface area contributed by atoms with E-state index in [2.05, 4.69) is 55.9 Å². The van der Waals surface area contributed by atoms with Crippen molar-refractivity contribution in [3.63, 3.8) is 0 Å². The third-order valence-corrected chi connectivity index (χ3v) is 6.37. The molecule has 0 N–H and O–H groups in total. The molecular weight excluding hydrogens is 350 g/mol. The lowest BCUT2D eigenvalue weighted by Crippen LogP contribution is -2.08. The molecule has 1 atom stereocenters. The van der Waals surface area contributed by atoms with E-state index in [0.717, 1.165) is 0 Å². The maximum absolute atomic E-state index is 2.48. The molecule has 168 valence electrons. The maximum atomic E-state index is 2.48. The molecule has 0 radical (unpaired) electrons. The summed E-state index contributed by atoms with van der Waals surface area (Å²) in [6.45, 7) is 6.92. The zero-order chi connectivity index (χ0) is 21.0. The normalized spacial score (nSPS) is 13.1. The average molecular weight is 402 g/mol. The highest BCUT2D eigenvalue weighted by Gasteiger charge is 2.11. The lowest BCUT2D eigenvalue weighted by molar-refractivity contribution is 0.481. The largest absolute Gasteiger partial charge is 0.347 e. The Bertz CT molecular complexity index is 471. The van der Waals surface area contributed by atoms with Gasteiger partial charge in [0, 0.05) is 12.4 Å². The number of hydrogen-bond donors (Lipinski definition) is 0. The van der Waals surface area contributed by atoms with Crippen molar-refractivity contribution >= 4 is 0 Å². The summed E-state index contributed by atoms with van der Waals surface area (Å²) in [5.41, 5.74) is 1.56. The van der Waals surface area contributed by atoms with Gasteiger partial charge in [-0.1, -0.05) is 128 Å². The molecule has 1 unspecified atom stereocenters. The summed E-state index contributed by atoms with van der Waals surface area (Å²) in [5.74, 6) is 0. The highest BCUT2D eigenvalue weighted by atomic mass is 15.0. The molecule has 0 fully saturated rings. The number of allylic oxidation sites excluding steroid dienone is 2. The van der Waals surface area contributed by atoms with E-state index in [0.29, 0.717) is 6.04 Å². The fourth-order valence-electron chi connectivity index (χ4n) is 4.37. The van der Waals surface area contributed by atoms with Crippen LogP contribution in [0.2, 0.25) is 0 Å². The molecule has 1 heteroatoms. The summed E-state index contributed by atoms with van der Waals surface area (Å²) >= 11 is 0. The molecule has 0 aliphatic rings. The van der Waals surface area contributed by atoms with Crippen LogP contribution in [0.25, 0.3) is 0 Å². The molecule has 0 saturated carbocycles. The third kappa shape index (κ3) is 13.8. The first-order valence-corrected chi connectivity index (χ1v) is 13.1. The number of nitrogens with zero attached hydrogens (tertiary/aromatic N) is 1. The second kappa shape index (κ2) is 19.0. The Morgan fingerprint density at radius 2 is 1.10 bits per heavy atom. The minimum Gasteiger partial charge on any atom is -0.347 e. The number of rotatable bonds is 20. The van der Waals surface area contributed by atoms with E-state index in [1.54, 1.807) is 5.57 Å². The standard InChI is InChI=1S/C28H51N/c1-4-6-8-9-10-11-12-13-14-15-16-17-18-20-24-28(29-25-21-22-26-29)27(3)23-19-7-5-2/h21-23,25-26,28H,4-20,24H2,1-3H3. The van der Waals surface area contributed by atoms with Crippen LogP contribution in [0, 0.1) is 0 Å². The van der Waals surface area contributed by atoms with Gasteiger partial charge in [0.25, 0.3) is 0 Å². The minimum atomic E-state index is 0.569. The first-order chi connectivity index (χ1) is 14.3. The molecule has 29 heavy (non-hydrogen) atoms. The smallest absolute Gasteiger partial charge is 0.0537 e. The van der Waals surface area contributed by atoms with Gasteiger partial charge in [-0.15, -0.1) is 0 Å². The zero-order valence-corrected chi connectivity index (χ0v) is 20.1. The molecule has 1 rings (SSSR count). The predicted molar refractivity (Wildman–Crippen MR) is 132 cm³/mol. The molecule has 1 nitrogen and oxygen atoms in total. The highest BCUT2D eigenvalue weighted by Crippen LogP contribution is 2.25. The number of hydrogen-bond acceptors (Lipinski definition) is 0. The van der Waals surface area contributed by atoms with Crippen molar-refractivity contribution in [2.45, 2.75) is 142 Å². The average Bonchev–Trinajstić information content (AvgIpc) is 3.25. The third-order valence-electron chi connectivity index (χ3n) is 6.37. The Kier molecular flexibility index (Phi) is 17.1. The summed E-state index contributed by atoms with van der Waals surface area (Å²) in [7, 11) is 0. The Hall–Kier alpha value is -0.980. The predicted octanol–water partition coefficient (Wildman–Crippen LogP) is 10.0. The lowest BCUT2D eigenvalue weighted by atomic mass is 9.98. The topological polar surface area (TPSA) is 4.93 Å². The SMILES string of the molecule is CCCCC=C(C)C(CCCCCCCCCCCCCCCC)n1cccc1. The van der Waals surface area contributed by atoms with Crippen LogP contribution in [0.4, 0.5) is 0 Å². The van der Waals surface area contributed by atoms with Crippen molar-refractivity contribution in [3.05, 3.63) is 36.2 Å². The molecule has 0 aliphatic carbocycles. The van der Waals surface area contributed by atoms with E-state index in [-0.39, 0.29) is 0 Å². The molecular formula is C28H51N. The molecule has 0 saturated heterocycles. The van der Waals surface area contributed by atoms with Crippen LogP contribution in [-0.4, -0.2) is 4.57 Å². The fraction of sp³-hybridized carbons (Fsp3) is 0.786. The van der Waals surface area contributed by atoms with E-state index < -0.39 is 0 Å². The fourth-order valence-corrected chi connectivity index (χ4v) is 4.37. The van der Waals surface area contributed by atoms with E-state index in [4.69, 9.17) is 0 Å². The van der Waals surface area contributed by atoms with E-state index in [1.165, 1.54) is 116 Å². The number of aromatic nitrogens is 1. The van der Waals surface area contributed by atoms with Gasteiger partial charge in [-0.25, -0.2) is 0 Å². The first kappa shape index (κ1) is 26.1. The zero-order valence-electron chi connectivity index (χ0n) is 20.1. The second-order valence-corrected chi connectivity index (χ2v) is 9.12. The summed E-state index contributed by atoms with van der Waals surface area (Å²) in [6.07, 6.45) is 32.2. The Morgan fingerprint density at radius 3 is 1.59 bits per heavy atom. The summed E-state index contributed by atoms with van der Waals surface area (Å²) in [4.78, 5) is 0. The Morgan fingerprint density at radius 1 is 0.655 bits per heavy atom. The summed E-state index contributed by atoms with van der Waals surface area (Å²) < 4.78 is 2.42. The maximum Gasteiger partial charge on any atom is 0.0537 e. The molecule has 0 bridgehead atoms. The molecule has 0 aliphatic heterocycles. The van der Waals surface area contributed by atoms with Crippen molar-refractivity contribution < 1.29 is 0 Å². The van der Waals surface area contributed by atoms with Gasteiger partial charge < -0.3 is 4.57 Å². The molecule has 0 spiro atoms. The van der Waals surface area contributed by atoms with E-state index >= 15 is 0 Å². The second-order valence-electron chi connectivity index (χ2n) is 9.12. The van der Waals surface area contributed by atoms with Crippen LogP contribution in [0.15, 0.2) is 36.2 Å². The molecule has 0 aromatic carbocycles. The van der Waals surface area contributed by atoms with Gasteiger partial charge in [0.05, 0.1) is 6.04 Å². The number of unbranched alkanes of at least 4 members (excludes halogenated alkanes) is 15. The van der Waals surface area contributed by atoms with Crippen LogP contribution in [0.1, 0.15) is 142 Å². The van der Waals surface area contributed by atoms with Gasteiger partial charge in [-0.3, -0.25) is 0 Å². The van der Waals surface area contributed by atoms with Crippen molar-refractivity contribution in [2.75, 3.05) is 0 Å². The van der Waals surface area contributed by atoms with Gasteiger partial charge >= 0.3 is 0 Å². The highest BCUT2D eigenvalue weighted by molar-refractivity contribution is 5.09. The van der Waals surface area contributed by atoms with Crippen molar-refractivity contribution in [2.24, 2.45) is 0 Å². The Balaban J connectivity index is 2.06. The Labute approximate surface area is 183 Å². The minimum absolute atomic E-state index is 0.569. The van der Waals surface area contributed by atoms with Crippen LogP contribution in [0.5, 0.6) is 0 Å². The van der Waals surface area contributed by atoms with E-state index in [9.17, 15) is 0 Å². The van der Waals surface area contributed by atoms with Crippen molar-refractivity contribution in [3.8, 4) is 0 Å². The first-order valence-electron chi connectivity index (χ1n) is 13.1. The molecule has 1 aromatic heterocycles. The summed E-state index contributed by atoms with van der Waals surface area (Å²) in [6, 6.07) is 4.90. The monoisotopic (exact) mass is 401 g/mol. The molecule has 1 aromatic rings. The quantitative estimate of drug-likeness (QED) is 0.151. The summed E-state index contributed by atoms with van der Waals surface area (Å²) in [5, 5.41) is 0. The van der Waals surface area contributed by atoms with Gasteiger partial charge in [0.2, 0.25) is 0 Å².